The van der Waals surface area contributed by atoms with Gasteiger partial charge in [-0.25, -0.2) is 0 Å². The van der Waals surface area contributed by atoms with Crippen molar-refractivity contribution in [3.63, 3.8) is 0 Å². The molecule has 1 aliphatic rings. The van der Waals surface area contributed by atoms with Gasteiger partial charge in [0.2, 0.25) is 5.91 Å². The lowest BCUT2D eigenvalue weighted by molar-refractivity contribution is -0.124. The van der Waals surface area contributed by atoms with Crippen LogP contribution in [0.25, 0.3) is 0 Å². The minimum Gasteiger partial charge on any atom is -0.393 e. The molecule has 1 saturated carbocycles. The zero-order valence-corrected chi connectivity index (χ0v) is 12.6. The number of carbonyl (C=O) groups is 1. The Bertz CT molecular complexity index is 309. The lowest BCUT2D eigenvalue weighted by atomic mass is 9.83. The molecule has 3 N–H and O–H groups in total. The molecule has 4 heteroatoms. The largest absolute Gasteiger partial charge is 0.393 e. The minimum atomic E-state index is -0.338. The topological polar surface area (TPSA) is 55.1 Å². The number of nitrogens with one attached hydrogen (secondary N) is 1. The number of hydrogen-bond acceptors (Lipinski definition) is 2. The number of thiocarbonyl (C=S) groups is 1. The zero-order chi connectivity index (χ0) is 13.8. The molecule has 0 spiro atoms. The second-order valence-corrected chi connectivity index (χ2v) is 6.37. The zero-order valence-electron chi connectivity index (χ0n) is 11.8. The van der Waals surface area contributed by atoms with Gasteiger partial charge in [0.1, 0.15) is 0 Å². The molecule has 1 amide bonds. The highest BCUT2D eigenvalue weighted by atomic mass is 32.1. The summed E-state index contributed by atoms with van der Waals surface area (Å²) in [6, 6.07) is 0. The van der Waals surface area contributed by atoms with E-state index in [0.29, 0.717) is 10.4 Å². The van der Waals surface area contributed by atoms with Crippen LogP contribution >= 0.6 is 12.2 Å². The van der Waals surface area contributed by atoms with Crippen molar-refractivity contribution in [3.05, 3.63) is 0 Å². The first-order valence-electron chi connectivity index (χ1n) is 6.99. The van der Waals surface area contributed by atoms with Crippen molar-refractivity contribution in [2.75, 3.05) is 6.54 Å². The monoisotopic (exact) mass is 270 g/mol. The summed E-state index contributed by atoms with van der Waals surface area (Å²) < 4.78 is 0. The van der Waals surface area contributed by atoms with Gasteiger partial charge in [-0.15, -0.1) is 0 Å². The normalized spacial score (nSPS) is 19.8. The third-order valence-electron chi connectivity index (χ3n) is 4.31. The fourth-order valence-corrected chi connectivity index (χ4v) is 3.30. The van der Waals surface area contributed by atoms with Crippen LogP contribution in [-0.2, 0) is 4.79 Å². The molecule has 0 radical (unpaired) electrons. The fraction of sp³-hybridized carbons (Fsp3) is 0.857. The third kappa shape index (κ3) is 3.67. The number of carbonyl (C=O) groups excluding carboxylic acids is 1. The summed E-state index contributed by atoms with van der Waals surface area (Å²) in [6.07, 6.45) is 6.15. The van der Waals surface area contributed by atoms with Crippen LogP contribution in [0.2, 0.25) is 0 Å². The molecule has 1 aliphatic carbocycles. The van der Waals surface area contributed by atoms with E-state index in [1.54, 1.807) is 0 Å². The highest BCUT2D eigenvalue weighted by Crippen LogP contribution is 2.40. The average Bonchev–Trinajstić information content (AvgIpc) is 2.74. The molecule has 1 rings (SSSR count). The lowest BCUT2D eigenvalue weighted by Crippen LogP contribution is -2.44. The quantitative estimate of drug-likeness (QED) is 0.730. The van der Waals surface area contributed by atoms with Gasteiger partial charge in [-0.1, -0.05) is 45.8 Å². The molecule has 1 fully saturated rings. The maximum absolute atomic E-state index is 12.2. The smallest absolute Gasteiger partial charge is 0.230 e. The maximum atomic E-state index is 12.2. The number of amides is 1. The summed E-state index contributed by atoms with van der Waals surface area (Å²) in [7, 11) is 0. The summed E-state index contributed by atoms with van der Waals surface area (Å²) in [6.45, 7) is 6.95. The molecular formula is C14H26N2OS. The van der Waals surface area contributed by atoms with Gasteiger partial charge in [0.25, 0.3) is 0 Å². The van der Waals surface area contributed by atoms with Crippen molar-refractivity contribution >= 4 is 23.1 Å². The number of hydrogen-bond donors (Lipinski definition) is 2. The Kier molecular flexibility index (Phi) is 5.57. The lowest BCUT2D eigenvalue weighted by Gasteiger charge is -2.29. The van der Waals surface area contributed by atoms with Crippen molar-refractivity contribution in [2.24, 2.45) is 23.0 Å². The van der Waals surface area contributed by atoms with Crippen LogP contribution in [0.5, 0.6) is 0 Å². The van der Waals surface area contributed by atoms with Crippen LogP contribution in [0.3, 0.4) is 0 Å². The highest BCUT2D eigenvalue weighted by molar-refractivity contribution is 7.80. The predicted molar refractivity (Wildman–Crippen MR) is 79.3 cm³/mol. The Morgan fingerprint density at radius 3 is 2.33 bits per heavy atom. The van der Waals surface area contributed by atoms with Crippen LogP contribution in [0.1, 0.15) is 52.9 Å². The summed E-state index contributed by atoms with van der Waals surface area (Å²) in [5.74, 6) is -0.184. The predicted octanol–water partition coefficient (Wildman–Crippen LogP) is 2.63. The van der Waals surface area contributed by atoms with E-state index in [9.17, 15) is 4.79 Å². The summed E-state index contributed by atoms with van der Waals surface area (Å²) in [5, 5.41) is 3.07. The average molecular weight is 270 g/mol. The molecule has 0 aromatic rings. The van der Waals surface area contributed by atoms with Gasteiger partial charge in [0.15, 0.2) is 0 Å². The standard InChI is InChI=1S/C14H26N2OS/c1-4-14(7-5-6-8-14)9-16-13(17)11(10(2)3)12(15)18/h10-11H,4-9H2,1-3H3,(H2,15,18)(H,16,17). The molecule has 0 heterocycles. The molecule has 0 aliphatic heterocycles. The highest BCUT2D eigenvalue weighted by Gasteiger charge is 2.33. The van der Waals surface area contributed by atoms with Crippen LogP contribution in [-0.4, -0.2) is 17.4 Å². The van der Waals surface area contributed by atoms with Crippen molar-refractivity contribution < 1.29 is 4.79 Å². The number of nitrogens with two attached hydrogens (primary N) is 1. The SMILES string of the molecule is CCC1(CNC(=O)C(C(N)=S)C(C)C)CCCC1. The first kappa shape index (κ1) is 15.4. The minimum absolute atomic E-state index is 0.00257. The molecule has 1 atom stereocenters. The van der Waals surface area contributed by atoms with Crippen molar-refractivity contribution in [3.8, 4) is 0 Å². The first-order valence-corrected chi connectivity index (χ1v) is 7.40. The van der Waals surface area contributed by atoms with E-state index in [1.807, 2.05) is 13.8 Å². The summed E-state index contributed by atoms with van der Waals surface area (Å²) in [5.41, 5.74) is 5.97. The second-order valence-electron chi connectivity index (χ2n) is 5.90. The summed E-state index contributed by atoms with van der Waals surface area (Å²) >= 11 is 4.99. The van der Waals surface area contributed by atoms with Gasteiger partial charge in [-0.3, -0.25) is 4.79 Å². The van der Waals surface area contributed by atoms with Crippen LogP contribution in [0.15, 0.2) is 0 Å². The summed E-state index contributed by atoms with van der Waals surface area (Å²) in [4.78, 5) is 12.5. The van der Waals surface area contributed by atoms with Gasteiger partial charge < -0.3 is 11.1 Å². The van der Waals surface area contributed by atoms with Crippen LogP contribution < -0.4 is 11.1 Å². The Morgan fingerprint density at radius 1 is 1.39 bits per heavy atom. The number of rotatable bonds is 6. The molecule has 0 aromatic carbocycles. The van der Waals surface area contributed by atoms with Gasteiger partial charge >= 0.3 is 0 Å². The molecule has 0 bridgehead atoms. The van der Waals surface area contributed by atoms with Crippen molar-refractivity contribution in [1.29, 1.82) is 0 Å². The molecule has 104 valence electrons. The molecule has 0 aromatic heterocycles. The maximum Gasteiger partial charge on any atom is 0.230 e. The van der Waals surface area contributed by atoms with Crippen LogP contribution in [0, 0.1) is 17.3 Å². The molecule has 3 nitrogen and oxygen atoms in total. The van der Waals surface area contributed by atoms with Crippen molar-refractivity contribution in [2.45, 2.75) is 52.9 Å². The van der Waals surface area contributed by atoms with E-state index in [0.717, 1.165) is 13.0 Å². The van der Waals surface area contributed by atoms with E-state index >= 15 is 0 Å². The molecule has 18 heavy (non-hydrogen) atoms. The van der Waals surface area contributed by atoms with Crippen LogP contribution in [0.4, 0.5) is 0 Å². The van der Waals surface area contributed by atoms with Gasteiger partial charge in [0.05, 0.1) is 10.9 Å². The third-order valence-corrected chi connectivity index (χ3v) is 4.56. The Labute approximate surface area is 116 Å². The fourth-order valence-electron chi connectivity index (χ4n) is 2.93. The van der Waals surface area contributed by atoms with Gasteiger partial charge in [-0.05, 0) is 30.6 Å². The Hall–Kier alpha value is -0.640. The Morgan fingerprint density at radius 2 is 1.94 bits per heavy atom. The second kappa shape index (κ2) is 6.50. The molecule has 1 unspecified atom stereocenters. The van der Waals surface area contributed by atoms with E-state index in [1.165, 1.54) is 25.7 Å². The van der Waals surface area contributed by atoms with Gasteiger partial charge in [0, 0.05) is 6.54 Å². The van der Waals surface area contributed by atoms with E-state index < -0.39 is 0 Å². The molecular weight excluding hydrogens is 244 g/mol. The molecule has 0 saturated heterocycles. The van der Waals surface area contributed by atoms with E-state index in [-0.39, 0.29) is 17.7 Å². The Balaban J connectivity index is 2.56. The van der Waals surface area contributed by atoms with Crippen molar-refractivity contribution in [1.82, 2.24) is 5.32 Å². The first-order chi connectivity index (χ1) is 8.42. The van der Waals surface area contributed by atoms with E-state index in [4.69, 9.17) is 18.0 Å². The van der Waals surface area contributed by atoms with Gasteiger partial charge in [-0.2, -0.15) is 0 Å². The van der Waals surface area contributed by atoms with E-state index in [2.05, 4.69) is 12.2 Å².